The summed E-state index contributed by atoms with van der Waals surface area (Å²) in [7, 11) is 0. The lowest BCUT2D eigenvalue weighted by atomic mass is 10.1. The van der Waals surface area contributed by atoms with Crippen molar-refractivity contribution in [1.29, 1.82) is 0 Å². The Balaban J connectivity index is 1.49. The predicted octanol–water partition coefficient (Wildman–Crippen LogP) is 0.802. The van der Waals surface area contributed by atoms with Crippen LogP contribution in [0.1, 0.15) is 30.9 Å². The van der Waals surface area contributed by atoms with E-state index in [0.29, 0.717) is 32.7 Å². The molecule has 2 amide bonds. The predicted molar refractivity (Wildman–Crippen MR) is 90.1 cm³/mol. The summed E-state index contributed by atoms with van der Waals surface area (Å²) in [5.41, 5.74) is 2.17. The second-order valence-electron chi connectivity index (χ2n) is 6.46. The van der Waals surface area contributed by atoms with Gasteiger partial charge in [-0.15, -0.1) is 0 Å². The summed E-state index contributed by atoms with van der Waals surface area (Å²) in [6, 6.07) is 7.77. The maximum Gasteiger partial charge on any atom is 0.240 e. The van der Waals surface area contributed by atoms with Gasteiger partial charge in [0.25, 0.3) is 0 Å². The molecule has 2 N–H and O–H groups in total. The molecule has 0 unspecified atom stereocenters. The van der Waals surface area contributed by atoms with Gasteiger partial charge in [-0.1, -0.05) is 24.3 Å². The third-order valence-electron chi connectivity index (χ3n) is 4.63. The number of benzene rings is 1. The summed E-state index contributed by atoms with van der Waals surface area (Å²) in [5.74, 6) is 0.205. The van der Waals surface area contributed by atoms with Gasteiger partial charge in [-0.2, -0.15) is 0 Å². The Morgan fingerprint density at radius 1 is 1.33 bits per heavy atom. The highest BCUT2D eigenvalue weighted by Gasteiger charge is 2.27. The minimum atomic E-state index is -0.292. The van der Waals surface area contributed by atoms with E-state index >= 15 is 0 Å². The van der Waals surface area contributed by atoms with Crippen molar-refractivity contribution in [2.24, 2.45) is 0 Å². The summed E-state index contributed by atoms with van der Waals surface area (Å²) in [6.45, 7) is 5.27. The van der Waals surface area contributed by atoms with Gasteiger partial charge in [0.15, 0.2) is 0 Å². The van der Waals surface area contributed by atoms with Gasteiger partial charge in [-0.25, -0.2) is 0 Å². The molecule has 0 radical (unpaired) electrons. The van der Waals surface area contributed by atoms with Gasteiger partial charge in [0.05, 0.1) is 12.7 Å². The first kappa shape index (κ1) is 16.9. The number of hydrogen-bond donors (Lipinski definition) is 2. The molecule has 0 spiro atoms. The Kier molecular flexibility index (Phi) is 5.48. The van der Waals surface area contributed by atoms with E-state index in [-0.39, 0.29) is 24.0 Å². The quantitative estimate of drug-likeness (QED) is 0.837. The highest BCUT2D eigenvalue weighted by Crippen LogP contribution is 2.15. The maximum atomic E-state index is 12.2. The Labute approximate surface area is 142 Å². The number of rotatable bonds is 5. The highest BCUT2D eigenvalue weighted by atomic mass is 16.5. The van der Waals surface area contributed by atoms with Crippen LogP contribution in [0, 0.1) is 0 Å². The van der Waals surface area contributed by atoms with E-state index in [1.165, 1.54) is 0 Å². The molecule has 0 bridgehead atoms. The van der Waals surface area contributed by atoms with Crippen molar-refractivity contribution < 1.29 is 14.3 Å². The van der Waals surface area contributed by atoms with Crippen LogP contribution >= 0.6 is 0 Å². The fourth-order valence-electron chi connectivity index (χ4n) is 3.18. The van der Waals surface area contributed by atoms with Crippen LogP contribution in [0.5, 0.6) is 0 Å². The number of morpholine rings is 1. The molecule has 2 heterocycles. The molecule has 0 aliphatic carbocycles. The summed E-state index contributed by atoms with van der Waals surface area (Å²) >= 11 is 0. The van der Waals surface area contributed by atoms with Crippen molar-refractivity contribution in [1.82, 2.24) is 15.5 Å². The smallest absolute Gasteiger partial charge is 0.240 e. The van der Waals surface area contributed by atoms with Crippen LogP contribution in [-0.2, 0) is 27.4 Å². The molecule has 6 heteroatoms. The molecule has 2 saturated heterocycles. The number of ether oxygens (including phenoxy) is 1. The van der Waals surface area contributed by atoms with Gasteiger partial charge in [-0.05, 0) is 24.5 Å². The number of carbonyl (C=O) groups is 2. The van der Waals surface area contributed by atoms with Gasteiger partial charge in [-0.3, -0.25) is 9.59 Å². The lowest BCUT2D eigenvalue weighted by molar-refractivity contribution is -0.129. The van der Waals surface area contributed by atoms with E-state index in [9.17, 15) is 9.59 Å². The maximum absolute atomic E-state index is 12.2. The summed E-state index contributed by atoms with van der Waals surface area (Å²) in [4.78, 5) is 25.8. The van der Waals surface area contributed by atoms with Crippen LogP contribution in [-0.4, -0.2) is 48.6 Å². The van der Waals surface area contributed by atoms with E-state index < -0.39 is 0 Å². The molecule has 1 aromatic carbocycles. The molecule has 2 atom stereocenters. The van der Waals surface area contributed by atoms with Gasteiger partial charge in [0.1, 0.15) is 6.04 Å². The van der Waals surface area contributed by atoms with E-state index in [0.717, 1.165) is 24.1 Å². The van der Waals surface area contributed by atoms with Crippen molar-refractivity contribution in [3.63, 3.8) is 0 Å². The molecule has 6 nitrogen and oxygen atoms in total. The number of carbonyl (C=O) groups excluding carboxylic acids is 2. The zero-order chi connectivity index (χ0) is 16.9. The van der Waals surface area contributed by atoms with Crippen LogP contribution in [0.25, 0.3) is 0 Å². The highest BCUT2D eigenvalue weighted by molar-refractivity contribution is 5.82. The Bertz CT molecular complexity index is 588. The average molecular weight is 331 g/mol. The van der Waals surface area contributed by atoms with E-state index in [1.54, 1.807) is 0 Å². The average Bonchev–Trinajstić information content (AvgIpc) is 2.99. The van der Waals surface area contributed by atoms with E-state index in [4.69, 9.17) is 4.74 Å². The minimum absolute atomic E-state index is 0.0334. The van der Waals surface area contributed by atoms with E-state index in [2.05, 4.69) is 10.6 Å². The fourth-order valence-corrected chi connectivity index (χ4v) is 3.18. The second kappa shape index (κ2) is 7.77. The van der Waals surface area contributed by atoms with Crippen LogP contribution in [0.3, 0.4) is 0 Å². The Morgan fingerprint density at radius 3 is 2.75 bits per heavy atom. The number of likely N-dealkylation sites (tertiary alicyclic amines) is 1. The molecule has 2 aliphatic rings. The van der Waals surface area contributed by atoms with Crippen molar-refractivity contribution in [3.8, 4) is 0 Å². The molecular weight excluding hydrogens is 306 g/mol. The zero-order valence-electron chi connectivity index (χ0n) is 14.1. The fraction of sp³-hybridized carbons (Fsp3) is 0.556. The number of amides is 2. The van der Waals surface area contributed by atoms with Crippen molar-refractivity contribution >= 4 is 11.8 Å². The largest absolute Gasteiger partial charge is 0.375 e. The SMILES string of the molecule is C[C@H]1OCCN[C@@H]1C(=O)NCc1ccc(CN2CCCC2=O)cc1. The minimum Gasteiger partial charge on any atom is -0.375 e. The molecule has 2 fully saturated rings. The first-order chi connectivity index (χ1) is 11.6. The summed E-state index contributed by atoms with van der Waals surface area (Å²) < 4.78 is 5.50. The first-order valence-electron chi connectivity index (χ1n) is 8.62. The van der Waals surface area contributed by atoms with Gasteiger partial charge >= 0.3 is 0 Å². The number of nitrogens with one attached hydrogen (secondary N) is 2. The second-order valence-corrected chi connectivity index (χ2v) is 6.46. The molecule has 3 rings (SSSR count). The molecule has 24 heavy (non-hydrogen) atoms. The van der Waals surface area contributed by atoms with Crippen molar-refractivity contribution in [2.45, 2.75) is 45.0 Å². The van der Waals surface area contributed by atoms with Crippen LogP contribution < -0.4 is 10.6 Å². The lowest BCUT2D eigenvalue weighted by Crippen LogP contribution is -2.55. The van der Waals surface area contributed by atoms with Crippen LogP contribution in [0.4, 0.5) is 0 Å². The molecule has 2 aliphatic heterocycles. The van der Waals surface area contributed by atoms with Crippen LogP contribution in [0.15, 0.2) is 24.3 Å². The molecular formula is C18H25N3O3. The Hall–Kier alpha value is -1.92. The Morgan fingerprint density at radius 2 is 2.08 bits per heavy atom. The molecule has 130 valence electrons. The standard InChI is InChI=1S/C18H25N3O3/c1-13-17(19-8-10-24-13)18(23)20-11-14-4-6-15(7-5-14)12-21-9-2-3-16(21)22/h4-7,13,17,19H,2-3,8-12H2,1H3,(H,20,23)/t13-,17+/m1/s1. The monoisotopic (exact) mass is 331 g/mol. The normalized spacial score (nSPS) is 24.2. The van der Waals surface area contributed by atoms with Crippen molar-refractivity contribution in [3.05, 3.63) is 35.4 Å². The zero-order valence-corrected chi connectivity index (χ0v) is 14.1. The number of hydrogen-bond acceptors (Lipinski definition) is 4. The molecule has 0 saturated carbocycles. The van der Waals surface area contributed by atoms with Gasteiger partial charge in [0, 0.05) is 32.6 Å². The molecule has 1 aromatic rings. The van der Waals surface area contributed by atoms with Gasteiger partial charge < -0.3 is 20.3 Å². The summed E-state index contributed by atoms with van der Waals surface area (Å²) in [6.07, 6.45) is 1.51. The third-order valence-corrected chi connectivity index (χ3v) is 4.63. The van der Waals surface area contributed by atoms with Crippen molar-refractivity contribution in [2.75, 3.05) is 19.7 Å². The van der Waals surface area contributed by atoms with E-state index in [1.807, 2.05) is 36.1 Å². The first-order valence-corrected chi connectivity index (χ1v) is 8.62. The lowest BCUT2D eigenvalue weighted by Gasteiger charge is -2.29. The summed E-state index contributed by atoms with van der Waals surface area (Å²) in [5, 5.41) is 6.14. The molecule has 0 aromatic heterocycles. The third kappa shape index (κ3) is 4.13. The van der Waals surface area contributed by atoms with Gasteiger partial charge in [0.2, 0.25) is 11.8 Å². The van der Waals surface area contributed by atoms with Crippen LogP contribution in [0.2, 0.25) is 0 Å². The topological polar surface area (TPSA) is 70.7 Å². The number of nitrogens with zero attached hydrogens (tertiary/aromatic N) is 1.